The lowest BCUT2D eigenvalue weighted by atomic mass is 9.62. The van der Waals surface area contributed by atoms with E-state index < -0.39 is 0 Å². The molecule has 3 aromatic rings. The Labute approximate surface area is 232 Å². The van der Waals surface area contributed by atoms with Crippen molar-refractivity contribution in [3.8, 4) is 22.6 Å². The number of hydrogen-bond acceptors (Lipinski definition) is 5. The molecule has 4 rings (SSSR count). The first-order chi connectivity index (χ1) is 18.6. The van der Waals surface area contributed by atoms with Crippen molar-refractivity contribution in [2.24, 2.45) is 0 Å². The quantitative estimate of drug-likeness (QED) is 0.152. The summed E-state index contributed by atoms with van der Waals surface area (Å²) in [5.41, 5.74) is 6.49. The summed E-state index contributed by atoms with van der Waals surface area (Å²) in [7, 11) is 1.61. The molecular formula is C34H40O5. The topological polar surface area (TPSA) is 54.0 Å². The Balaban J connectivity index is 1.88. The SMILES string of the molecule is CCOC(=O)C=Cc1ccc(OCOC)c(-c2cc3c(cc2OCc2ccccc2)C(C)(C)CCC3(C)C)c1. The van der Waals surface area contributed by atoms with E-state index in [-0.39, 0.29) is 23.6 Å². The van der Waals surface area contributed by atoms with Crippen molar-refractivity contribution >= 4 is 12.0 Å². The maximum Gasteiger partial charge on any atom is 0.330 e. The van der Waals surface area contributed by atoms with Crippen LogP contribution in [0, 0.1) is 0 Å². The van der Waals surface area contributed by atoms with Gasteiger partial charge in [-0.3, -0.25) is 0 Å². The van der Waals surface area contributed by atoms with Crippen LogP contribution in [0.25, 0.3) is 17.2 Å². The zero-order chi connectivity index (χ0) is 28.0. The summed E-state index contributed by atoms with van der Waals surface area (Å²) in [6.45, 7) is 12.0. The van der Waals surface area contributed by atoms with Gasteiger partial charge in [0.25, 0.3) is 0 Å². The lowest BCUT2D eigenvalue weighted by Gasteiger charge is -2.42. The maximum atomic E-state index is 12.0. The number of hydrogen-bond donors (Lipinski definition) is 0. The van der Waals surface area contributed by atoms with Crippen molar-refractivity contribution in [3.63, 3.8) is 0 Å². The minimum atomic E-state index is -0.372. The van der Waals surface area contributed by atoms with Crippen LogP contribution in [0.4, 0.5) is 0 Å². The van der Waals surface area contributed by atoms with Crippen LogP contribution in [0.3, 0.4) is 0 Å². The summed E-state index contributed by atoms with van der Waals surface area (Å²) in [6, 6.07) is 20.6. The highest BCUT2D eigenvalue weighted by atomic mass is 16.7. The molecule has 3 aromatic carbocycles. The molecule has 0 atom stereocenters. The minimum absolute atomic E-state index is 0.0204. The van der Waals surface area contributed by atoms with Crippen LogP contribution in [0.15, 0.2) is 66.7 Å². The molecule has 0 unspecified atom stereocenters. The van der Waals surface area contributed by atoms with Crippen molar-refractivity contribution in [2.45, 2.75) is 64.9 Å². The fourth-order valence-corrected chi connectivity index (χ4v) is 5.12. The summed E-state index contributed by atoms with van der Waals surface area (Å²) in [5, 5.41) is 0. The monoisotopic (exact) mass is 528 g/mol. The Morgan fingerprint density at radius 3 is 2.18 bits per heavy atom. The average Bonchev–Trinajstić information content (AvgIpc) is 2.93. The van der Waals surface area contributed by atoms with Crippen LogP contribution in [0.5, 0.6) is 11.5 Å². The van der Waals surface area contributed by atoms with Gasteiger partial charge in [0.1, 0.15) is 18.1 Å². The Hall–Kier alpha value is -3.57. The summed E-state index contributed by atoms with van der Waals surface area (Å²) < 4.78 is 22.9. The van der Waals surface area contributed by atoms with E-state index >= 15 is 0 Å². The number of fused-ring (bicyclic) bond motifs is 1. The predicted octanol–water partition coefficient (Wildman–Crippen LogP) is 7.84. The lowest BCUT2D eigenvalue weighted by molar-refractivity contribution is -0.137. The Bertz CT molecular complexity index is 1320. The molecule has 0 aromatic heterocycles. The van der Waals surface area contributed by atoms with E-state index in [0.29, 0.717) is 19.0 Å². The standard InChI is InChI=1S/C34H40O5/c1-7-37-32(35)16-14-24-13-15-30(39-23-36-6)26(19-24)27-20-28-29(34(4,5)18-17-33(28,2)3)21-31(27)38-22-25-11-9-8-10-12-25/h8-16,19-21H,7,17-18,22-23H2,1-6H3. The molecule has 0 amide bonds. The van der Waals surface area contributed by atoms with E-state index in [1.165, 1.54) is 17.2 Å². The summed E-state index contributed by atoms with van der Waals surface area (Å²) in [4.78, 5) is 12.0. The van der Waals surface area contributed by atoms with E-state index in [4.69, 9.17) is 18.9 Å². The van der Waals surface area contributed by atoms with Crippen LogP contribution in [0.2, 0.25) is 0 Å². The van der Waals surface area contributed by atoms with Crippen molar-refractivity contribution in [3.05, 3.63) is 89.0 Å². The molecule has 0 saturated heterocycles. The molecule has 0 bridgehead atoms. The maximum absolute atomic E-state index is 12.0. The minimum Gasteiger partial charge on any atom is -0.488 e. The van der Waals surface area contributed by atoms with Gasteiger partial charge in [-0.05, 0) is 83.2 Å². The number of esters is 1. The second-order valence-corrected chi connectivity index (χ2v) is 11.3. The number of carbonyl (C=O) groups excluding carboxylic acids is 1. The molecular weight excluding hydrogens is 488 g/mol. The molecule has 0 spiro atoms. The smallest absolute Gasteiger partial charge is 0.330 e. The van der Waals surface area contributed by atoms with Crippen LogP contribution in [-0.4, -0.2) is 26.5 Å². The lowest BCUT2D eigenvalue weighted by Crippen LogP contribution is -2.34. The number of methoxy groups -OCH3 is 1. The van der Waals surface area contributed by atoms with Gasteiger partial charge in [0.15, 0.2) is 6.79 Å². The van der Waals surface area contributed by atoms with Gasteiger partial charge in [0.2, 0.25) is 0 Å². The van der Waals surface area contributed by atoms with Gasteiger partial charge < -0.3 is 18.9 Å². The predicted molar refractivity (Wildman–Crippen MR) is 156 cm³/mol. The highest BCUT2D eigenvalue weighted by molar-refractivity contribution is 5.88. The first-order valence-electron chi connectivity index (χ1n) is 13.6. The molecule has 0 radical (unpaired) electrons. The first-order valence-corrected chi connectivity index (χ1v) is 13.6. The van der Waals surface area contributed by atoms with E-state index in [2.05, 4.69) is 52.0 Å². The van der Waals surface area contributed by atoms with E-state index in [0.717, 1.165) is 40.8 Å². The van der Waals surface area contributed by atoms with Crippen molar-refractivity contribution < 1.29 is 23.7 Å². The molecule has 0 N–H and O–H groups in total. The number of ether oxygens (including phenoxy) is 4. The molecule has 5 heteroatoms. The van der Waals surface area contributed by atoms with Crippen molar-refractivity contribution in [1.82, 2.24) is 0 Å². The van der Waals surface area contributed by atoms with Crippen LogP contribution < -0.4 is 9.47 Å². The summed E-state index contributed by atoms with van der Waals surface area (Å²) in [6.07, 6.45) is 5.42. The average molecular weight is 529 g/mol. The van der Waals surface area contributed by atoms with Gasteiger partial charge in [-0.1, -0.05) is 64.1 Å². The van der Waals surface area contributed by atoms with Gasteiger partial charge >= 0.3 is 5.97 Å². The molecule has 0 heterocycles. The molecule has 5 nitrogen and oxygen atoms in total. The third-order valence-corrected chi connectivity index (χ3v) is 7.51. The fraction of sp³-hybridized carbons (Fsp3) is 0.382. The first kappa shape index (κ1) is 28.4. The fourth-order valence-electron chi connectivity index (χ4n) is 5.12. The second-order valence-electron chi connectivity index (χ2n) is 11.3. The summed E-state index contributed by atoms with van der Waals surface area (Å²) >= 11 is 0. The highest BCUT2D eigenvalue weighted by Crippen LogP contribution is 2.50. The van der Waals surface area contributed by atoms with Crippen LogP contribution >= 0.6 is 0 Å². The molecule has 206 valence electrons. The normalized spacial score (nSPS) is 15.5. The highest BCUT2D eigenvalue weighted by Gasteiger charge is 2.38. The second kappa shape index (κ2) is 12.1. The Kier molecular flexibility index (Phi) is 8.81. The van der Waals surface area contributed by atoms with Gasteiger partial charge in [-0.15, -0.1) is 0 Å². The number of rotatable bonds is 10. The molecule has 1 aliphatic carbocycles. The van der Waals surface area contributed by atoms with E-state index in [1.54, 1.807) is 20.1 Å². The van der Waals surface area contributed by atoms with E-state index in [1.807, 2.05) is 36.4 Å². The third kappa shape index (κ3) is 6.72. The zero-order valence-electron chi connectivity index (χ0n) is 24.0. The molecule has 0 fully saturated rings. The van der Waals surface area contributed by atoms with Crippen molar-refractivity contribution in [1.29, 1.82) is 0 Å². The number of carbonyl (C=O) groups is 1. The van der Waals surface area contributed by atoms with Crippen molar-refractivity contribution in [2.75, 3.05) is 20.5 Å². The Morgan fingerprint density at radius 2 is 1.51 bits per heavy atom. The van der Waals surface area contributed by atoms with Gasteiger partial charge in [-0.25, -0.2) is 4.79 Å². The third-order valence-electron chi connectivity index (χ3n) is 7.51. The number of benzene rings is 3. The largest absolute Gasteiger partial charge is 0.488 e. The van der Waals surface area contributed by atoms with Crippen LogP contribution in [-0.2, 0) is 31.7 Å². The van der Waals surface area contributed by atoms with E-state index in [9.17, 15) is 4.79 Å². The zero-order valence-corrected chi connectivity index (χ0v) is 24.0. The van der Waals surface area contributed by atoms with Gasteiger partial charge in [0, 0.05) is 24.3 Å². The molecule has 0 saturated carbocycles. The van der Waals surface area contributed by atoms with Gasteiger partial charge in [-0.2, -0.15) is 0 Å². The van der Waals surface area contributed by atoms with Gasteiger partial charge in [0.05, 0.1) is 6.61 Å². The van der Waals surface area contributed by atoms with Crippen LogP contribution in [0.1, 0.15) is 69.7 Å². The molecule has 39 heavy (non-hydrogen) atoms. The summed E-state index contributed by atoms with van der Waals surface area (Å²) in [5.74, 6) is 1.11. The molecule has 0 aliphatic heterocycles. The Morgan fingerprint density at radius 1 is 0.846 bits per heavy atom. The molecule has 1 aliphatic rings.